The third-order valence-electron chi connectivity index (χ3n) is 7.84. The van der Waals surface area contributed by atoms with Gasteiger partial charge in [-0.2, -0.15) is 5.10 Å². The zero-order valence-corrected chi connectivity index (χ0v) is 20.2. The number of allylic oxidation sites excluding steroid dienone is 2. The highest BCUT2D eigenvalue weighted by Crippen LogP contribution is 2.51. The summed E-state index contributed by atoms with van der Waals surface area (Å²) in [6.45, 7) is 11.7. The summed E-state index contributed by atoms with van der Waals surface area (Å²) in [7, 11) is 0. The Kier molecular flexibility index (Phi) is 5.15. The van der Waals surface area contributed by atoms with E-state index in [1.165, 1.54) is 0 Å². The van der Waals surface area contributed by atoms with Crippen LogP contribution in [0.15, 0.2) is 85.0 Å². The minimum Gasteiger partial charge on any atom is -0.308 e. The van der Waals surface area contributed by atoms with E-state index >= 15 is 0 Å². The van der Waals surface area contributed by atoms with E-state index in [1.54, 1.807) is 12.5 Å². The topological polar surface area (TPSA) is 65.0 Å². The van der Waals surface area contributed by atoms with Gasteiger partial charge in [0.05, 0.1) is 29.3 Å². The molecule has 0 spiro atoms. The van der Waals surface area contributed by atoms with Gasteiger partial charge in [-0.15, -0.1) is 0 Å². The van der Waals surface area contributed by atoms with Gasteiger partial charge in [0, 0.05) is 23.1 Å². The Bertz CT molecular complexity index is 1530. The van der Waals surface area contributed by atoms with Crippen molar-refractivity contribution in [1.82, 2.24) is 19.7 Å². The second-order valence-electron chi connectivity index (χ2n) is 9.82. The lowest BCUT2D eigenvalue weighted by Gasteiger charge is -2.44. The smallest absolute Gasteiger partial charge is 0.226 e. The first-order valence-electron chi connectivity index (χ1n) is 12.2. The van der Waals surface area contributed by atoms with Crippen LogP contribution >= 0.6 is 0 Å². The van der Waals surface area contributed by atoms with Crippen LogP contribution in [0.1, 0.15) is 31.5 Å². The average molecular weight is 472 g/mol. The van der Waals surface area contributed by atoms with Gasteiger partial charge in [-0.25, -0.2) is 19.5 Å². The molecule has 0 fully saturated rings. The number of ketones is 1. The van der Waals surface area contributed by atoms with Gasteiger partial charge in [0.15, 0.2) is 5.78 Å². The standard InChI is InChI=1S/C30H25N5O/c1-19-24-14-13-23-27(25-15-16-32-18-33-25)35(34-29(23)30(24,2)17-26(31-3)28(19)36)22-11-9-21(10-12-22)20-7-5-4-6-8-20/h4-12,15-19,24H,13-14H2,1-2H3/t19-,24-,30-/m1/s1. The Balaban J connectivity index is 1.55. The van der Waals surface area contributed by atoms with Crippen LogP contribution in [0.3, 0.4) is 0 Å². The normalized spacial score (nSPS) is 22.8. The van der Waals surface area contributed by atoms with Gasteiger partial charge in [0.2, 0.25) is 5.70 Å². The molecule has 0 radical (unpaired) electrons. The minimum atomic E-state index is -0.502. The van der Waals surface area contributed by atoms with Crippen molar-refractivity contribution < 1.29 is 4.79 Å². The molecule has 0 bridgehead atoms. The Hall–Kier alpha value is -4.37. The fraction of sp³-hybridized carbons (Fsp3) is 0.233. The SMILES string of the molecule is [C-]#[N+]C1=C[C@@]2(C)c3nn(-c4ccc(-c5ccccc5)cc4)c(-c4ccncn4)c3CC[C@@H]2[C@@H](C)C1=O. The van der Waals surface area contributed by atoms with Gasteiger partial charge in [0.25, 0.3) is 0 Å². The summed E-state index contributed by atoms with van der Waals surface area (Å²) in [5.74, 6) is -0.164. The molecule has 4 aromatic rings. The molecule has 0 unspecified atom stereocenters. The Morgan fingerprint density at radius 1 is 1.06 bits per heavy atom. The number of benzene rings is 2. The van der Waals surface area contributed by atoms with Crippen molar-refractivity contribution in [3.8, 4) is 28.2 Å². The van der Waals surface area contributed by atoms with Crippen LogP contribution in [0.2, 0.25) is 0 Å². The quantitative estimate of drug-likeness (QED) is 0.352. The van der Waals surface area contributed by atoms with E-state index in [9.17, 15) is 4.79 Å². The van der Waals surface area contributed by atoms with Crippen molar-refractivity contribution >= 4 is 5.78 Å². The molecule has 0 N–H and O–H groups in total. The molecule has 0 amide bonds. The molecule has 2 aromatic carbocycles. The molecular weight excluding hydrogens is 446 g/mol. The number of carbonyl (C=O) groups is 1. The van der Waals surface area contributed by atoms with Gasteiger partial charge < -0.3 is 4.79 Å². The number of aromatic nitrogens is 4. The molecule has 176 valence electrons. The molecule has 6 heteroatoms. The van der Waals surface area contributed by atoms with Gasteiger partial charge in [-0.05, 0) is 48.1 Å². The third kappa shape index (κ3) is 3.31. The fourth-order valence-electron chi connectivity index (χ4n) is 6.00. The predicted molar refractivity (Wildman–Crippen MR) is 138 cm³/mol. The monoisotopic (exact) mass is 471 g/mol. The largest absolute Gasteiger partial charge is 0.308 e. The van der Waals surface area contributed by atoms with Crippen molar-refractivity contribution in [2.45, 2.75) is 32.1 Å². The summed E-state index contributed by atoms with van der Waals surface area (Å²) >= 11 is 0. The second-order valence-corrected chi connectivity index (χ2v) is 9.82. The Morgan fingerprint density at radius 3 is 2.50 bits per heavy atom. The number of hydrogen-bond donors (Lipinski definition) is 0. The maximum Gasteiger partial charge on any atom is 0.226 e. The second kappa shape index (κ2) is 8.39. The number of hydrogen-bond acceptors (Lipinski definition) is 4. The number of carbonyl (C=O) groups excluding carboxylic acids is 1. The number of rotatable bonds is 3. The molecule has 2 aliphatic carbocycles. The first-order valence-corrected chi connectivity index (χ1v) is 12.2. The van der Waals surface area contributed by atoms with Crippen LogP contribution < -0.4 is 0 Å². The lowest BCUT2D eigenvalue weighted by Crippen LogP contribution is -2.45. The molecule has 2 heterocycles. The van der Waals surface area contributed by atoms with Crippen molar-refractivity contribution in [1.29, 1.82) is 0 Å². The van der Waals surface area contributed by atoms with Gasteiger partial charge in [0.1, 0.15) is 6.33 Å². The van der Waals surface area contributed by atoms with E-state index in [0.29, 0.717) is 0 Å². The highest BCUT2D eigenvalue weighted by Gasteiger charge is 2.50. The van der Waals surface area contributed by atoms with Crippen molar-refractivity contribution in [2.75, 3.05) is 0 Å². The first-order chi connectivity index (χ1) is 17.5. The molecule has 2 aromatic heterocycles. The van der Waals surface area contributed by atoms with Gasteiger partial charge in [-0.1, -0.05) is 62.4 Å². The summed E-state index contributed by atoms with van der Waals surface area (Å²) < 4.78 is 1.97. The first kappa shape index (κ1) is 22.1. The molecule has 6 nitrogen and oxygen atoms in total. The molecule has 0 saturated carbocycles. The summed E-state index contributed by atoms with van der Waals surface area (Å²) in [6, 6.07) is 20.6. The molecule has 3 atom stereocenters. The third-order valence-corrected chi connectivity index (χ3v) is 7.84. The van der Waals surface area contributed by atoms with Crippen molar-refractivity contribution in [3.05, 3.63) is 108 Å². The lowest BCUT2D eigenvalue weighted by atomic mass is 9.58. The van der Waals surface area contributed by atoms with Crippen LogP contribution in [0.4, 0.5) is 0 Å². The van der Waals surface area contributed by atoms with Crippen LogP contribution in [0, 0.1) is 18.4 Å². The van der Waals surface area contributed by atoms with E-state index in [1.807, 2.05) is 41.9 Å². The summed E-state index contributed by atoms with van der Waals surface area (Å²) in [5.41, 5.74) is 6.76. The number of nitrogens with zero attached hydrogens (tertiary/aromatic N) is 5. The summed E-state index contributed by atoms with van der Waals surface area (Å²) in [6.07, 6.45) is 6.83. The highest BCUT2D eigenvalue weighted by atomic mass is 16.1. The van der Waals surface area contributed by atoms with E-state index in [0.717, 1.165) is 52.3 Å². The Morgan fingerprint density at radius 2 is 1.81 bits per heavy atom. The number of fused-ring (bicyclic) bond motifs is 3. The van der Waals surface area contributed by atoms with E-state index in [-0.39, 0.29) is 23.3 Å². The molecule has 0 saturated heterocycles. The van der Waals surface area contributed by atoms with Crippen molar-refractivity contribution in [2.24, 2.45) is 11.8 Å². The van der Waals surface area contributed by atoms with Crippen molar-refractivity contribution in [3.63, 3.8) is 0 Å². The summed E-state index contributed by atoms with van der Waals surface area (Å²) in [5, 5.41) is 5.18. The lowest BCUT2D eigenvalue weighted by molar-refractivity contribution is -0.121. The average Bonchev–Trinajstić information content (AvgIpc) is 3.33. The molecule has 6 rings (SSSR count). The molecule has 2 aliphatic rings. The Labute approximate surface area is 210 Å². The number of Topliss-reactive ketones (excluding diaryl/α,β-unsaturated/α-hetero) is 1. The minimum absolute atomic E-state index is 0.0529. The van der Waals surface area contributed by atoms with E-state index in [4.69, 9.17) is 11.7 Å². The molecule has 36 heavy (non-hydrogen) atoms. The van der Waals surface area contributed by atoms with Gasteiger partial charge in [-0.3, -0.25) is 0 Å². The fourth-order valence-corrected chi connectivity index (χ4v) is 6.00. The zero-order valence-electron chi connectivity index (χ0n) is 20.2. The van der Waals surface area contributed by atoms with Crippen LogP contribution in [-0.4, -0.2) is 25.5 Å². The zero-order chi connectivity index (χ0) is 24.9. The van der Waals surface area contributed by atoms with Crippen LogP contribution in [0.5, 0.6) is 0 Å². The maximum atomic E-state index is 12.8. The summed E-state index contributed by atoms with van der Waals surface area (Å²) in [4.78, 5) is 25.1. The van der Waals surface area contributed by atoms with Crippen LogP contribution in [-0.2, 0) is 16.6 Å². The van der Waals surface area contributed by atoms with E-state index < -0.39 is 5.41 Å². The highest BCUT2D eigenvalue weighted by molar-refractivity contribution is 6.00. The van der Waals surface area contributed by atoms with E-state index in [2.05, 4.69) is 58.1 Å². The molecular formula is C30H25N5O. The maximum absolute atomic E-state index is 12.8. The van der Waals surface area contributed by atoms with Crippen LogP contribution in [0.25, 0.3) is 33.0 Å². The molecule has 0 aliphatic heterocycles. The van der Waals surface area contributed by atoms with Gasteiger partial charge >= 0.3 is 0 Å². The predicted octanol–water partition coefficient (Wildman–Crippen LogP) is 5.84.